The number of esters is 2. The Kier molecular flexibility index (Phi) is 14.3. The van der Waals surface area contributed by atoms with Crippen molar-refractivity contribution in [3.8, 4) is 0 Å². The second-order valence-electron chi connectivity index (χ2n) is 13.4. The molecule has 0 aliphatic heterocycles. The van der Waals surface area contributed by atoms with Crippen LogP contribution in [-0.2, 0) is 23.8 Å². The van der Waals surface area contributed by atoms with E-state index in [0.29, 0.717) is 19.1 Å². The average Bonchev–Trinajstić information content (AvgIpc) is 3.23. The molecule has 0 N–H and O–H groups in total. The van der Waals surface area contributed by atoms with Gasteiger partial charge in [0.25, 0.3) is 0 Å². The fourth-order valence-corrected chi connectivity index (χ4v) is 9.64. The summed E-state index contributed by atoms with van der Waals surface area (Å²) < 4.78 is 17.3. The highest BCUT2D eigenvalue weighted by Gasteiger charge is 2.69. The summed E-state index contributed by atoms with van der Waals surface area (Å²) in [6, 6.07) is 0. The van der Waals surface area contributed by atoms with E-state index >= 15 is 0 Å². The van der Waals surface area contributed by atoms with Gasteiger partial charge in [-0.1, -0.05) is 98.1 Å². The van der Waals surface area contributed by atoms with Crippen molar-refractivity contribution in [3.63, 3.8) is 0 Å². The first-order valence-corrected chi connectivity index (χ1v) is 17.4. The van der Waals surface area contributed by atoms with Crippen LogP contribution in [0.15, 0.2) is 35.5 Å². The lowest BCUT2D eigenvalue weighted by atomic mass is 9.37. The molecule has 5 nitrogen and oxygen atoms in total. The zero-order valence-electron chi connectivity index (χ0n) is 29.4. The highest BCUT2D eigenvalue weighted by Crippen LogP contribution is 2.71. The van der Waals surface area contributed by atoms with Crippen molar-refractivity contribution in [1.29, 1.82) is 0 Å². The van der Waals surface area contributed by atoms with Crippen LogP contribution < -0.4 is 0 Å². The number of hydrogen-bond acceptors (Lipinski definition) is 5. The van der Waals surface area contributed by atoms with Crippen LogP contribution in [0, 0.1) is 33.5 Å². The van der Waals surface area contributed by atoms with Crippen molar-refractivity contribution in [2.45, 2.75) is 133 Å². The van der Waals surface area contributed by atoms with Crippen LogP contribution in [0.3, 0.4) is 0 Å². The molecule has 0 aromatic heterocycles. The molecular formula is C38H64O5. The third kappa shape index (κ3) is 7.02. The molecular weight excluding hydrogens is 536 g/mol. The van der Waals surface area contributed by atoms with Crippen molar-refractivity contribution < 1.29 is 23.8 Å². The molecule has 2 aliphatic carbocycles. The molecule has 0 amide bonds. The summed E-state index contributed by atoms with van der Waals surface area (Å²) in [6.45, 7) is 21.0. The van der Waals surface area contributed by atoms with Gasteiger partial charge in [0.1, 0.15) is 13.2 Å². The Hall–Kier alpha value is -1.88. The van der Waals surface area contributed by atoms with Gasteiger partial charge in [0.2, 0.25) is 0 Å². The van der Waals surface area contributed by atoms with Gasteiger partial charge in [0.05, 0.1) is 17.9 Å². The number of ether oxygens (including phenoxy) is 3. The summed E-state index contributed by atoms with van der Waals surface area (Å²) in [5, 5.41) is 0. The summed E-state index contributed by atoms with van der Waals surface area (Å²) in [6.07, 6.45) is 18.5. The quantitative estimate of drug-likeness (QED) is 0.109. The molecule has 3 unspecified atom stereocenters. The fourth-order valence-electron chi connectivity index (χ4n) is 9.64. The maximum absolute atomic E-state index is 14.8. The van der Waals surface area contributed by atoms with Gasteiger partial charge in [0, 0.05) is 7.11 Å². The zero-order valence-corrected chi connectivity index (χ0v) is 29.4. The Bertz CT molecular complexity index is 990. The molecule has 1 saturated carbocycles. The number of methoxy groups -OCH3 is 1. The van der Waals surface area contributed by atoms with Crippen LogP contribution in [-0.4, -0.2) is 38.9 Å². The molecule has 0 heterocycles. The van der Waals surface area contributed by atoms with E-state index in [0.717, 1.165) is 76.2 Å². The van der Waals surface area contributed by atoms with E-state index in [4.69, 9.17) is 14.2 Å². The molecule has 5 heteroatoms. The highest BCUT2D eigenvalue weighted by atomic mass is 16.6. The Labute approximate surface area is 264 Å². The predicted molar refractivity (Wildman–Crippen MR) is 178 cm³/mol. The molecule has 246 valence electrons. The predicted octanol–water partition coefficient (Wildman–Crippen LogP) is 9.80. The molecule has 0 spiro atoms. The molecule has 1 fully saturated rings. The lowest BCUT2D eigenvalue weighted by Crippen LogP contribution is -2.63. The van der Waals surface area contributed by atoms with Crippen molar-refractivity contribution in [2.75, 3.05) is 26.9 Å². The maximum Gasteiger partial charge on any atom is 0.312 e. The minimum atomic E-state index is -0.577. The van der Waals surface area contributed by atoms with Crippen LogP contribution in [0.5, 0.6) is 0 Å². The molecule has 3 atom stereocenters. The van der Waals surface area contributed by atoms with Crippen molar-refractivity contribution in [2.24, 2.45) is 33.5 Å². The van der Waals surface area contributed by atoms with Crippen molar-refractivity contribution in [3.05, 3.63) is 35.5 Å². The summed E-state index contributed by atoms with van der Waals surface area (Å²) in [5.41, 5.74) is 1.11. The van der Waals surface area contributed by atoms with Gasteiger partial charge in [-0.3, -0.25) is 9.59 Å². The zero-order chi connectivity index (χ0) is 32.3. The average molecular weight is 601 g/mol. The summed E-state index contributed by atoms with van der Waals surface area (Å²) in [4.78, 5) is 28.3. The van der Waals surface area contributed by atoms with Crippen LogP contribution >= 0.6 is 0 Å². The molecule has 2 aliphatic rings. The Balaban J connectivity index is 2.64. The van der Waals surface area contributed by atoms with Crippen molar-refractivity contribution in [1.82, 2.24) is 0 Å². The number of hydrogen-bond donors (Lipinski definition) is 0. The summed E-state index contributed by atoms with van der Waals surface area (Å²) >= 11 is 0. The van der Waals surface area contributed by atoms with E-state index < -0.39 is 5.41 Å². The number of carbonyl (C=O) groups is 2. The summed E-state index contributed by atoms with van der Waals surface area (Å²) in [7, 11) is 1.62. The smallest absolute Gasteiger partial charge is 0.312 e. The topological polar surface area (TPSA) is 61.8 Å². The van der Waals surface area contributed by atoms with E-state index in [-0.39, 0.29) is 40.7 Å². The van der Waals surface area contributed by atoms with E-state index in [1.165, 1.54) is 5.57 Å². The normalized spacial score (nSPS) is 23.2. The molecule has 43 heavy (non-hydrogen) atoms. The second-order valence-corrected chi connectivity index (χ2v) is 13.4. The standard InChI is InChI=1S/C38H64O5/c1-11-32(12-2)37(17-7)23-24-38(37,34(40)43-27-31-20-18-19-29(8)21-22-31)28-35(13-3,14-4)36(15-5,16-6)30(9)33(39)42-26-25-41-10/h18-19,21-22,30,32H,11-17,20,23-28H2,1-10H3. The van der Waals surface area contributed by atoms with Crippen LogP contribution in [0.25, 0.3) is 0 Å². The second kappa shape index (κ2) is 16.4. The lowest BCUT2D eigenvalue weighted by molar-refractivity contribution is -0.213. The first kappa shape index (κ1) is 37.3. The minimum Gasteiger partial charge on any atom is -0.463 e. The molecule has 0 saturated heterocycles. The number of rotatable bonds is 19. The number of allylic oxidation sites excluding steroid dienone is 5. The van der Waals surface area contributed by atoms with E-state index in [9.17, 15) is 9.59 Å². The van der Waals surface area contributed by atoms with E-state index in [1.807, 2.05) is 0 Å². The Morgan fingerprint density at radius 1 is 0.907 bits per heavy atom. The van der Waals surface area contributed by atoms with Gasteiger partial charge >= 0.3 is 11.9 Å². The lowest BCUT2D eigenvalue weighted by Gasteiger charge is -2.66. The van der Waals surface area contributed by atoms with Gasteiger partial charge in [-0.15, -0.1) is 0 Å². The monoisotopic (exact) mass is 600 g/mol. The maximum atomic E-state index is 14.8. The van der Waals surface area contributed by atoms with Crippen LogP contribution in [0.4, 0.5) is 0 Å². The molecule has 0 bridgehead atoms. The Morgan fingerprint density at radius 2 is 1.56 bits per heavy atom. The largest absolute Gasteiger partial charge is 0.463 e. The molecule has 0 radical (unpaired) electrons. The Morgan fingerprint density at radius 3 is 2.05 bits per heavy atom. The van der Waals surface area contributed by atoms with E-state index in [2.05, 4.69) is 86.6 Å². The fraction of sp³-hybridized carbons (Fsp3) is 0.789. The van der Waals surface area contributed by atoms with Gasteiger partial charge in [0.15, 0.2) is 0 Å². The van der Waals surface area contributed by atoms with Gasteiger partial charge in [-0.25, -0.2) is 0 Å². The number of carbonyl (C=O) groups excluding carboxylic acids is 2. The first-order chi connectivity index (χ1) is 20.5. The molecule has 0 aromatic carbocycles. The first-order valence-electron chi connectivity index (χ1n) is 17.4. The van der Waals surface area contributed by atoms with Gasteiger partial charge < -0.3 is 14.2 Å². The SMILES string of the molecule is CCC(CC)C1(CC)CCC1(CC(CC)(CC)C(CC)(CC)C(C)C(=O)OCCOC)C(=O)OCC1=CC=C(C)C=CC1. The van der Waals surface area contributed by atoms with Crippen LogP contribution in [0.2, 0.25) is 0 Å². The van der Waals surface area contributed by atoms with Gasteiger partial charge in [-0.05, 0) is 92.4 Å². The van der Waals surface area contributed by atoms with E-state index in [1.54, 1.807) is 7.11 Å². The molecule has 2 rings (SSSR count). The van der Waals surface area contributed by atoms with Crippen LogP contribution in [0.1, 0.15) is 133 Å². The minimum absolute atomic E-state index is 0.0231. The third-order valence-corrected chi connectivity index (χ3v) is 12.5. The third-order valence-electron chi connectivity index (χ3n) is 12.5. The van der Waals surface area contributed by atoms with Crippen molar-refractivity contribution >= 4 is 11.9 Å². The van der Waals surface area contributed by atoms with Gasteiger partial charge in [-0.2, -0.15) is 0 Å². The highest BCUT2D eigenvalue weighted by molar-refractivity contribution is 5.80. The molecule has 0 aromatic rings. The summed E-state index contributed by atoms with van der Waals surface area (Å²) in [5.74, 6) is -0.0276.